The van der Waals surface area contributed by atoms with Gasteiger partial charge in [0.15, 0.2) is 0 Å². The number of hydrogen-bond donors (Lipinski definition) is 1. The van der Waals surface area contributed by atoms with Crippen molar-refractivity contribution in [1.82, 2.24) is 5.32 Å². The number of hydrogen-bond acceptors (Lipinski definition) is 3. The monoisotopic (exact) mass is 257 g/mol. The molecule has 0 fully saturated rings. The normalized spacial score (nSPS) is 10.3. The van der Waals surface area contributed by atoms with Crippen LogP contribution in [0.1, 0.15) is 5.56 Å². The van der Waals surface area contributed by atoms with Crippen LogP contribution in [0.4, 0.5) is 0 Å². The zero-order valence-electron chi connectivity index (χ0n) is 11.6. The predicted molar refractivity (Wildman–Crippen MR) is 77.7 cm³/mol. The first-order valence-electron chi connectivity index (χ1n) is 6.24. The fraction of sp³-hybridized carbons (Fsp3) is 0.250. The average molecular weight is 257 g/mol. The van der Waals surface area contributed by atoms with Crippen molar-refractivity contribution in [3.63, 3.8) is 0 Å². The number of benzene rings is 2. The third kappa shape index (κ3) is 3.06. The van der Waals surface area contributed by atoms with Crippen molar-refractivity contribution in [3.05, 3.63) is 48.0 Å². The van der Waals surface area contributed by atoms with Crippen molar-refractivity contribution >= 4 is 0 Å². The summed E-state index contributed by atoms with van der Waals surface area (Å²) in [6.07, 6.45) is 0. The van der Waals surface area contributed by atoms with E-state index in [1.807, 2.05) is 37.4 Å². The van der Waals surface area contributed by atoms with E-state index in [0.29, 0.717) is 0 Å². The molecular weight excluding hydrogens is 238 g/mol. The van der Waals surface area contributed by atoms with Gasteiger partial charge in [0.25, 0.3) is 0 Å². The number of rotatable bonds is 5. The molecule has 19 heavy (non-hydrogen) atoms. The van der Waals surface area contributed by atoms with Gasteiger partial charge >= 0.3 is 0 Å². The Bertz CT molecular complexity index is 535. The highest BCUT2D eigenvalue weighted by molar-refractivity contribution is 5.71. The van der Waals surface area contributed by atoms with Gasteiger partial charge in [0.1, 0.15) is 11.5 Å². The van der Waals surface area contributed by atoms with Gasteiger partial charge in [-0.15, -0.1) is 0 Å². The van der Waals surface area contributed by atoms with Gasteiger partial charge in [0.05, 0.1) is 14.2 Å². The van der Waals surface area contributed by atoms with E-state index in [1.54, 1.807) is 14.2 Å². The Hall–Kier alpha value is -2.00. The smallest absolute Gasteiger partial charge is 0.126 e. The van der Waals surface area contributed by atoms with Gasteiger partial charge in [-0.3, -0.25) is 0 Å². The maximum absolute atomic E-state index is 5.44. The standard InChI is InChI=1S/C16H19NO2/c1-17-11-12-4-9-16(19-3)15(10-12)13-5-7-14(18-2)8-6-13/h4-10,17H,11H2,1-3H3. The van der Waals surface area contributed by atoms with Crippen LogP contribution >= 0.6 is 0 Å². The van der Waals surface area contributed by atoms with Crippen LogP contribution in [-0.2, 0) is 6.54 Å². The first kappa shape index (κ1) is 13.4. The molecular formula is C16H19NO2. The molecule has 0 atom stereocenters. The van der Waals surface area contributed by atoms with Gasteiger partial charge in [-0.05, 0) is 42.4 Å². The second-order valence-electron chi connectivity index (χ2n) is 4.29. The zero-order valence-corrected chi connectivity index (χ0v) is 11.6. The van der Waals surface area contributed by atoms with Crippen LogP contribution in [0.2, 0.25) is 0 Å². The average Bonchev–Trinajstić information content (AvgIpc) is 2.47. The largest absolute Gasteiger partial charge is 0.497 e. The molecule has 2 aromatic carbocycles. The Balaban J connectivity index is 2.42. The zero-order chi connectivity index (χ0) is 13.7. The molecule has 0 aliphatic carbocycles. The van der Waals surface area contributed by atoms with E-state index in [9.17, 15) is 0 Å². The van der Waals surface area contributed by atoms with E-state index in [2.05, 4.69) is 17.4 Å². The Labute approximate surface area is 114 Å². The van der Waals surface area contributed by atoms with Crippen molar-refractivity contribution < 1.29 is 9.47 Å². The molecule has 1 N–H and O–H groups in total. The van der Waals surface area contributed by atoms with Crippen LogP contribution in [0.5, 0.6) is 11.5 Å². The Kier molecular flexibility index (Phi) is 4.42. The second kappa shape index (κ2) is 6.25. The predicted octanol–water partition coefficient (Wildman–Crippen LogP) is 3.09. The number of ether oxygens (including phenoxy) is 2. The summed E-state index contributed by atoms with van der Waals surface area (Å²) in [5, 5.41) is 3.16. The molecule has 0 aliphatic heterocycles. The molecule has 0 amide bonds. The summed E-state index contributed by atoms with van der Waals surface area (Å²) in [5.41, 5.74) is 3.45. The molecule has 0 radical (unpaired) electrons. The van der Waals surface area contributed by atoms with Crippen LogP contribution in [0.3, 0.4) is 0 Å². The molecule has 0 aliphatic rings. The molecule has 0 heterocycles. The Morgan fingerprint density at radius 3 is 2.26 bits per heavy atom. The summed E-state index contributed by atoms with van der Waals surface area (Å²) in [6, 6.07) is 14.2. The number of nitrogens with one attached hydrogen (secondary N) is 1. The molecule has 0 saturated carbocycles. The third-order valence-electron chi connectivity index (χ3n) is 3.05. The van der Waals surface area contributed by atoms with Crippen LogP contribution in [0.15, 0.2) is 42.5 Å². The Morgan fingerprint density at radius 2 is 1.68 bits per heavy atom. The summed E-state index contributed by atoms with van der Waals surface area (Å²) in [6.45, 7) is 0.840. The molecule has 0 spiro atoms. The van der Waals surface area contributed by atoms with Crippen molar-refractivity contribution in [1.29, 1.82) is 0 Å². The lowest BCUT2D eigenvalue weighted by atomic mass is 10.0. The summed E-state index contributed by atoms with van der Waals surface area (Å²) < 4.78 is 10.6. The van der Waals surface area contributed by atoms with E-state index in [0.717, 1.165) is 29.2 Å². The van der Waals surface area contributed by atoms with Crippen LogP contribution in [-0.4, -0.2) is 21.3 Å². The molecule has 2 rings (SSSR count). The third-order valence-corrected chi connectivity index (χ3v) is 3.05. The van der Waals surface area contributed by atoms with Crippen LogP contribution in [0, 0.1) is 0 Å². The highest BCUT2D eigenvalue weighted by atomic mass is 16.5. The van der Waals surface area contributed by atoms with Gasteiger partial charge in [-0.25, -0.2) is 0 Å². The minimum Gasteiger partial charge on any atom is -0.497 e. The van der Waals surface area contributed by atoms with Gasteiger partial charge in [0, 0.05) is 12.1 Å². The molecule has 100 valence electrons. The molecule has 0 aromatic heterocycles. The topological polar surface area (TPSA) is 30.5 Å². The van der Waals surface area contributed by atoms with Crippen LogP contribution < -0.4 is 14.8 Å². The van der Waals surface area contributed by atoms with E-state index in [4.69, 9.17) is 9.47 Å². The fourth-order valence-electron chi connectivity index (χ4n) is 2.07. The summed E-state index contributed by atoms with van der Waals surface area (Å²) in [7, 11) is 5.31. The highest BCUT2D eigenvalue weighted by Crippen LogP contribution is 2.31. The lowest BCUT2D eigenvalue weighted by Crippen LogP contribution is -2.05. The first-order valence-corrected chi connectivity index (χ1v) is 6.24. The minimum absolute atomic E-state index is 0.840. The highest BCUT2D eigenvalue weighted by Gasteiger charge is 2.07. The van der Waals surface area contributed by atoms with Gasteiger partial charge < -0.3 is 14.8 Å². The van der Waals surface area contributed by atoms with E-state index >= 15 is 0 Å². The molecule has 3 heteroatoms. The maximum atomic E-state index is 5.44. The molecule has 3 nitrogen and oxygen atoms in total. The maximum Gasteiger partial charge on any atom is 0.126 e. The Morgan fingerprint density at radius 1 is 0.947 bits per heavy atom. The van der Waals surface area contributed by atoms with Crippen molar-refractivity contribution in [2.45, 2.75) is 6.54 Å². The van der Waals surface area contributed by atoms with Crippen molar-refractivity contribution in [2.75, 3.05) is 21.3 Å². The van der Waals surface area contributed by atoms with E-state index in [1.165, 1.54) is 5.56 Å². The minimum atomic E-state index is 0.840. The molecule has 0 saturated heterocycles. The summed E-state index contributed by atoms with van der Waals surface area (Å²) in [4.78, 5) is 0. The van der Waals surface area contributed by atoms with Gasteiger partial charge in [-0.1, -0.05) is 18.2 Å². The SMILES string of the molecule is CNCc1ccc(OC)c(-c2ccc(OC)cc2)c1. The lowest BCUT2D eigenvalue weighted by molar-refractivity contribution is 0.414. The lowest BCUT2D eigenvalue weighted by Gasteiger charge is -2.11. The molecule has 0 unspecified atom stereocenters. The van der Waals surface area contributed by atoms with E-state index in [-0.39, 0.29) is 0 Å². The van der Waals surface area contributed by atoms with Gasteiger partial charge in [-0.2, -0.15) is 0 Å². The quantitative estimate of drug-likeness (QED) is 0.893. The second-order valence-corrected chi connectivity index (χ2v) is 4.29. The molecule has 2 aromatic rings. The van der Waals surface area contributed by atoms with Crippen molar-refractivity contribution in [2.24, 2.45) is 0 Å². The van der Waals surface area contributed by atoms with E-state index < -0.39 is 0 Å². The molecule has 0 bridgehead atoms. The van der Waals surface area contributed by atoms with Crippen LogP contribution in [0.25, 0.3) is 11.1 Å². The first-order chi connectivity index (χ1) is 9.28. The van der Waals surface area contributed by atoms with Crippen molar-refractivity contribution in [3.8, 4) is 22.6 Å². The summed E-state index contributed by atoms with van der Waals surface area (Å²) in [5.74, 6) is 1.74. The number of methoxy groups -OCH3 is 2. The van der Waals surface area contributed by atoms with Gasteiger partial charge in [0.2, 0.25) is 0 Å². The fourth-order valence-corrected chi connectivity index (χ4v) is 2.07. The summed E-state index contributed by atoms with van der Waals surface area (Å²) >= 11 is 0.